The van der Waals surface area contributed by atoms with Gasteiger partial charge >= 0.3 is 0 Å². The molecule has 1 aromatic carbocycles. The number of hydroxylamine groups is 2. The molecule has 0 unspecified atom stereocenters. The molecule has 0 aromatic heterocycles. The molecule has 0 saturated carbocycles. The Labute approximate surface area is 114 Å². The monoisotopic (exact) mass is 272 g/mol. The molecule has 0 aliphatic carbocycles. The van der Waals surface area contributed by atoms with Crippen LogP contribution in [0.15, 0.2) is 59.4 Å². The van der Waals surface area contributed by atoms with E-state index in [0.29, 0.717) is 17.0 Å². The fraction of sp³-hybridized carbons (Fsp3) is 0. The normalized spacial score (nSPS) is 20.5. The maximum absolute atomic E-state index is 11.5. The Morgan fingerprint density at radius 2 is 2.05 bits per heavy atom. The Morgan fingerprint density at radius 1 is 1.26 bits per heavy atom. The Kier molecular flexibility index (Phi) is 2.81. The number of fused-ring (bicyclic) bond motifs is 1. The summed E-state index contributed by atoms with van der Waals surface area (Å²) in [6.45, 7) is 0. The number of halogens is 1. The van der Waals surface area contributed by atoms with Crippen LogP contribution in [0, 0.1) is 0 Å². The lowest BCUT2D eigenvalue weighted by Crippen LogP contribution is -2.17. The highest BCUT2D eigenvalue weighted by atomic mass is 35.5. The molecular formula is C14H9ClN2O2. The molecule has 0 radical (unpaired) electrons. The van der Waals surface area contributed by atoms with E-state index in [1.165, 1.54) is 6.20 Å². The Bertz CT molecular complexity index is 686. The lowest BCUT2D eigenvalue weighted by atomic mass is 10.00. The van der Waals surface area contributed by atoms with E-state index in [-0.39, 0.29) is 5.71 Å². The third-order valence-corrected chi connectivity index (χ3v) is 3.10. The summed E-state index contributed by atoms with van der Waals surface area (Å²) >= 11 is 5.59. The fourth-order valence-electron chi connectivity index (χ4n) is 2.12. The number of hydrogen-bond acceptors (Lipinski definition) is 4. The summed E-state index contributed by atoms with van der Waals surface area (Å²) in [5.74, 6) is 0. The largest absolute Gasteiger partial charge is 0.284 e. The number of nitrogens with zero attached hydrogens (tertiary/aromatic N) is 2. The van der Waals surface area contributed by atoms with Gasteiger partial charge < -0.3 is 0 Å². The van der Waals surface area contributed by atoms with Gasteiger partial charge in [-0.05, 0) is 29.8 Å². The number of hydrogen-bond donors (Lipinski definition) is 1. The van der Waals surface area contributed by atoms with Gasteiger partial charge in [0.25, 0.3) is 5.24 Å². The molecule has 1 N–H and O–H groups in total. The second kappa shape index (κ2) is 4.50. The number of aliphatic imine (C=N–C) groups is 1. The molecule has 3 rings (SSSR count). The van der Waals surface area contributed by atoms with Crippen molar-refractivity contribution in [1.29, 1.82) is 0 Å². The molecule has 19 heavy (non-hydrogen) atoms. The fourth-order valence-corrected chi connectivity index (χ4v) is 2.26. The van der Waals surface area contributed by atoms with Gasteiger partial charge in [0.2, 0.25) is 0 Å². The summed E-state index contributed by atoms with van der Waals surface area (Å²) in [4.78, 5) is 15.8. The van der Waals surface area contributed by atoms with Crippen LogP contribution >= 0.6 is 11.6 Å². The third-order valence-electron chi connectivity index (χ3n) is 2.92. The molecule has 2 aliphatic heterocycles. The minimum Gasteiger partial charge on any atom is -0.284 e. The average molecular weight is 273 g/mol. The highest BCUT2D eigenvalue weighted by Gasteiger charge is 2.29. The zero-order valence-electron chi connectivity index (χ0n) is 9.75. The van der Waals surface area contributed by atoms with E-state index in [1.54, 1.807) is 24.3 Å². The van der Waals surface area contributed by atoms with Gasteiger partial charge in [-0.2, -0.15) is 0 Å². The van der Waals surface area contributed by atoms with Crippen LogP contribution in [0.5, 0.6) is 0 Å². The molecule has 5 heteroatoms. The van der Waals surface area contributed by atoms with Gasteiger partial charge in [0.05, 0.1) is 11.4 Å². The van der Waals surface area contributed by atoms with Crippen molar-refractivity contribution in [2.24, 2.45) is 4.99 Å². The van der Waals surface area contributed by atoms with Gasteiger partial charge in [-0.1, -0.05) is 24.3 Å². The molecule has 0 amide bonds. The molecule has 2 heterocycles. The van der Waals surface area contributed by atoms with E-state index in [2.05, 4.69) is 4.99 Å². The van der Waals surface area contributed by atoms with Crippen molar-refractivity contribution in [3.05, 3.63) is 60.0 Å². The minimum atomic E-state index is -0.643. The van der Waals surface area contributed by atoms with E-state index in [9.17, 15) is 10.0 Å². The summed E-state index contributed by atoms with van der Waals surface area (Å²) in [6, 6.07) is 7.32. The lowest BCUT2D eigenvalue weighted by Gasteiger charge is -2.18. The molecule has 0 bridgehead atoms. The van der Waals surface area contributed by atoms with E-state index in [1.807, 2.05) is 18.2 Å². The standard InChI is InChI=1S/C14H9ClN2O2/c15-14(18)13-12(11-7-3-4-8-17(11)19)9-5-1-2-6-10(9)16-13/h1-8,19H/b12-11+. The van der Waals surface area contributed by atoms with Crippen molar-refractivity contribution in [3.8, 4) is 0 Å². The van der Waals surface area contributed by atoms with Gasteiger partial charge in [0.15, 0.2) is 0 Å². The highest BCUT2D eigenvalue weighted by molar-refractivity contribution is 6.87. The second-order valence-electron chi connectivity index (χ2n) is 4.06. The van der Waals surface area contributed by atoms with Crippen LogP contribution in [-0.2, 0) is 4.79 Å². The van der Waals surface area contributed by atoms with Crippen molar-refractivity contribution in [1.82, 2.24) is 5.06 Å². The van der Waals surface area contributed by atoms with Crippen LogP contribution in [0.25, 0.3) is 5.57 Å². The first-order valence-corrected chi connectivity index (χ1v) is 6.02. The van der Waals surface area contributed by atoms with Crippen LogP contribution in [0.1, 0.15) is 5.56 Å². The predicted molar refractivity (Wildman–Crippen MR) is 73.2 cm³/mol. The number of benzene rings is 1. The van der Waals surface area contributed by atoms with Gasteiger partial charge in [0, 0.05) is 17.3 Å². The lowest BCUT2D eigenvalue weighted by molar-refractivity contribution is -0.106. The van der Waals surface area contributed by atoms with Gasteiger partial charge in [-0.25, -0.2) is 10.1 Å². The summed E-state index contributed by atoms with van der Waals surface area (Å²) < 4.78 is 0. The predicted octanol–water partition coefficient (Wildman–Crippen LogP) is 3.02. The van der Waals surface area contributed by atoms with Crippen molar-refractivity contribution in [3.63, 3.8) is 0 Å². The average Bonchev–Trinajstić information content (AvgIpc) is 2.79. The molecule has 94 valence electrons. The van der Waals surface area contributed by atoms with Gasteiger partial charge in [-0.3, -0.25) is 10.0 Å². The maximum Gasteiger partial charge on any atom is 0.271 e. The summed E-state index contributed by atoms with van der Waals surface area (Å²) in [6.07, 6.45) is 6.64. The van der Waals surface area contributed by atoms with Crippen molar-refractivity contribution < 1.29 is 10.0 Å². The number of rotatable bonds is 1. The van der Waals surface area contributed by atoms with Gasteiger partial charge in [0.1, 0.15) is 5.71 Å². The maximum atomic E-state index is 11.5. The van der Waals surface area contributed by atoms with Crippen LogP contribution in [0.4, 0.5) is 5.69 Å². The van der Waals surface area contributed by atoms with E-state index in [4.69, 9.17) is 11.6 Å². The number of carbonyl (C=O) groups excluding carboxylic acids is 1. The molecule has 4 nitrogen and oxygen atoms in total. The number of para-hydroxylation sites is 1. The Morgan fingerprint density at radius 3 is 2.79 bits per heavy atom. The van der Waals surface area contributed by atoms with E-state index < -0.39 is 5.24 Å². The van der Waals surface area contributed by atoms with Crippen molar-refractivity contribution >= 4 is 33.8 Å². The minimum absolute atomic E-state index is 0.150. The second-order valence-corrected chi connectivity index (χ2v) is 4.40. The van der Waals surface area contributed by atoms with Crippen LogP contribution in [-0.4, -0.2) is 21.2 Å². The first-order valence-electron chi connectivity index (χ1n) is 5.64. The molecule has 0 fully saturated rings. The topological polar surface area (TPSA) is 52.9 Å². The molecule has 0 atom stereocenters. The molecule has 1 aromatic rings. The van der Waals surface area contributed by atoms with E-state index >= 15 is 0 Å². The zero-order valence-corrected chi connectivity index (χ0v) is 10.5. The first kappa shape index (κ1) is 11.9. The number of carbonyl (C=O) groups is 1. The quantitative estimate of drug-likeness (QED) is 0.800. The molecule has 0 saturated heterocycles. The van der Waals surface area contributed by atoms with Gasteiger partial charge in [-0.15, -0.1) is 0 Å². The highest BCUT2D eigenvalue weighted by Crippen LogP contribution is 2.38. The number of allylic oxidation sites excluding steroid dienone is 4. The smallest absolute Gasteiger partial charge is 0.271 e. The van der Waals surface area contributed by atoms with Crippen molar-refractivity contribution in [2.75, 3.05) is 0 Å². The van der Waals surface area contributed by atoms with E-state index in [0.717, 1.165) is 10.6 Å². The van der Waals surface area contributed by atoms with Crippen LogP contribution in [0.2, 0.25) is 0 Å². The Balaban J connectivity index is 2.26. The summed E-state index contributed by atoms with van der Waals surface area (Å²) in [5, 5.41) is 10.2. The first-order chi connectivity index (χ1) is 9.18. The molecule has 0 spiro atoms. The summed E-state index contributed by atoms with van der Waals surface area (Å²) in [5.41, 5.74) is 2.61. The zero-order chi connectivity index (χ0) is 13.4. The summed E-state index contributed by atoms with van der Waals surface area (Å²) in [7, 11) is 0. The SMILES string of the molecule is O=C(Cl)C1=Nc2ccccc2/C1=C1/C=CC=CN1O. The molecule has 2 aliphatic rings. The third kappa shape index (κ3) is 1.91. The van der Waals surface area contributed by atoms with Crippen LogP contribution in [0.3, 0.4) is 0 Å². The van der Waals surface area contributed by atoms with Crippen LogP contribution < -0.4 is 0 Å². The molecular weight excluding hydrogens is 264 g/mol. The Hall–Kier alpha value is -2.17. The van der Waals surface area contributed by atoms with Crippen molar-refractivity contribution in [2.45, 2.75) is 0 Å².